The Labute approximate surface area is 173 Å². The van der Waals surface area contributed by atoms with Crippen LogP contribution in [0, 0.1) is 0 Å². The lowest BCUT2D eigenvalue weighted by Gasteiger charge is -2.07. The number of halogens is 3. The molecule has 0 saturated carbocycles. The summed E-state index contributed by atoms with van der Waals surface area (Å²) in [6.07, 6.45) is 6.73. The van der Waals surface area contributed by atoms with E-state index in [1.54, 1.807) is 53.6 Å². The second kappa shape index (κ2) is 7.97. The van der Waals surface area contributed by atoms with Crippen molar-refractivity contribution in [1.82, 2.24) is 34.2 Å². The predicted octanol–water partition coefficient (Wildman–Crippen LogP) is 4.56. The summed E-state index contributed by atoms with van der Waals surface area (Å²) < 4.78 is 3.19. The van der Waals surface area contributed by atoms with Crippen LogP contribution in [0.15, 0.2) is 61.2 Å². The molecule has 0 fully saturated rings. The van der Waals surface area contributed by atoms with E-state index in [1.165, 1.54) is 4.52 Å². The Morgan fingerprint density at radius 2 is 1.46 bits per heavy atom. The molecule has 5 aromatic rings. The zero-order valence-corrected chi connectivity index (χ0v) is 16.3. The molecule has 140 valence electrons. The maximum Gasteiger partial charge on any atom is 0.159 e. The van der Waals surface area contributed by atoms with E-state index >= 15 is 0 Å². The minimum absolute atomic E-state index is 0.378. The maximum atomic E-state index is 5.94. The van der Waals surface area contributed by atoms with Gasteiger partial charge in [0.15, 0.2) is 11.3 Å². The van der Waals surface area contributed by atoms with Crippen LogP contribution in [0.4, 0.5) is 11.5 Å². The van der Waals surface area contributed by atoms with Crippen molar-refractivity contribution >= 4 is 57.6 Å². The summed E-state index contributed by atoms with van der Waals surface area (Å²) >= 11 is 17.4. The lowest BCUT2D eigenvalue weighted by molar-refractivity contribution is 0.940. The van der Waals surface area contributed by atoms with Crippen molar-refractivity contribution < 1.29 is 0 Å². The van der Waals surface area contributed by atoms with Crippen molar-refractivity contribution in [2.45, 2.75) is 0 Å². The number of nitrogens with zero attached hydrogens (tertiary/aromatic N) is 7. The molecule has 0 aliphatic carbocycles. The first-order chi connectivity index (χ1) is 13.6. The van der Waals surface area contributed by atoms with Crippen molar-refractivity contribution in [2.24, 2.45) is 0 Å². The van der Waals surface area contributed by atoms with Gasteiger partial charge in [-0.3, -0.25) is 4.98 Å². The second-order valence-electron chi connectivity index (χ2n) is 5.43. The molecule has 5 aromatic heterocycles. The molecule has 0 aliphatic heterocycles. The Kier molecular flexibility index (Phi) is 5.25. The van der Waals surface area contributed by atoms with Crippen LogP contribution in [0.5, 0.6) is 0 Å². The molecule has 5 heterocycles. The maximum absolute atomic E-state index is 5.94. The molecule has 0 atom stereocenters. The van der Waals surface area contributed by atoms with Gasteiger partial charge in [0, 0.05) is 30.5 Å². The van der Waals surface area contributed by atoms with Gasteiger partial charge in [0.05, 0.1) is 24.3 Å². The standard InChI is InChI=1S/C11H8ClN5.C6H3Cl2N3/c12-9-6-11(15-8-2-1-4-13-7-8)17-10(16-9)3-5-14-17;7-4-3-5(8)11-6(10-4)1-2-9-11/h1-7,15H;1-3H. The first kappa shape index (κ1) is 18.4. The summed E-state index contributed by atoms with van der Waals surface area (Å²) in [5.74, 6) is 0.748. The van der Waals surface area contributed by atoms with Gasteiger partial charge in [0.1, 0.15) is 21.3 Å². The van der Waals surface area contributed by atoms with Gasteiger partial charge in [-0.25, -0.2) is 14.5 Å². The van der Waals surface area contributed by atoms with Crippen LogP contribution in [-0.4, -0.2) is 34.2 Å². The van der Waals surface area contributed by atoms with Crippen LogP contribution >= 0.6 is 34.8 Å². The lowest BCUT2D eigenvalue weighted by atomic mass is 10.4. The minimum atomic E-state index is 0.378. The molecule has 5 rings (SSSR count). The molecule has 11 heteroatoms. The van der Waals surface area contributed by atoms with Crippen molar-refractivity contribution in [3.05, 3.63) is 76.6 Å². The highest BCUT2D eigenvalue weighted by Gasteiger charge is 2.05. The zero-order valence-electron chi connectivity index (χ0n) is 14.0. The highest BCUT2D eigenvalue weighted by Crippen LogP contribution is 2.19. The summed E-state index contributed by atoms with van der Waals surface area (Å²) in [4.78, 5) is 12.2. The first-order valence-electron chi connectivity index (χ1n) is 7.93. The summed E-state index contributed by atoms with van der Waals surface area (Å²) in [6.45, 7) is 0. The molecule has 0 amide bonds. The van der Waals surface area contributed by atoms with E-state index in [-0.39, 0.29) is 0 Å². The van der Waals surface area contributed by atoms with Gasteiger partial charge in [0.2, 0.25) is 0 Å². The Morgan fingerprint density at radius 1 is 0.786 bits per heavy atom. The van der Waals surface area contributed by atoms with Gasteiger partial charge in [-0.15, -0.1) is 0 Å². The number of fused-ring (bicyclic) bond motifs is 2. The molecule has 0 bridgehead atoms. The summed E-state index contributed by atoms with van der Waals surface area (Å²) in [6, 6.07) is 10.6. The normalized spacial score (nSPS) is 10.7. The topological polar surface area (TPSA) is 85.3 Å². The summed E-state index contributed by atoms with van der Waals surface area (Å²) in [5.41, 5.74) is 2.22. The predicted molar refractivity (Wildman–Crippen MR) is 109 cm³/mol. The molecular formula is C17H11Cl3N8. The second-order valence-corrected chi connectivity index (χ2v) is 6.60. The molecule has 0 spiro atoms. The number of hydrogen-bond acceptors (Lipinski definition) is 6. The number of aromatic nitrogens is 7. The summed E-state index contributed by atoms with van der Waals surface area (Å²) in [7, 11) is 0. The third-order valence-electron chi connectivity index (χ3n) is 3.55. The average Bonchev–Trinajstić information content (AvgIpc) is 3.32. The third-order valence-corrected chi connectivity index (χ3v) is 4.20. The number of pyridine rings is 1. The monoisotopic (exact) mass is 432 g/mol. The molecule has 0 aromatic carbocycles. The van der Waals surface area contributed by atoms with Gasteiger partial charge in [-0.1, -0.05) is 34.8 Å². The van der Waals surface area contributed by atoms with Crippen molar-refractivity contribution in [1.29, 1.82) is 0 Å². The minimum Gasteiger partial charge on any atom is -0.339 e. The van der Waals surface area contributed by atoms with Gasteiger partial charge in [-0.05, 0) is 12.1 Å². The van der Waals surface area contributed by atoms with E-state index in [2.05, 4.69) is 30.5 Å². The molecule has 8 nitrogen and oxygen atoms in total. The van der Waals surface area contributed by atoms with Crippen LogP contribution in [-0.2, 0) is 0 Å². The van der Waals surface area contributed by atoms with Crippen LogP contribution in [0.2, 0.25) is 15.5 Å². The molecule has 0 radical (unpaired) electrons. The van der Waals surface area contributed by atoms with Crippen molar-refractivity contribution in [3.8, 4) is 0 Å². The average molecular weight is 434 g/mol. The first-order valence-corrected chi connectivity index (χ1v) is 9.07. The SMILES string of the molecule is Clc1cc(Cl)n2nccc2n1.Clc1cc(Nc2cccnc2)n2nccc2n1. The fraction of sp³-hybridized carbons (Fsp3) is 0. The Bertz CT molecular complexity index is 1240. The largest absolute Gasteiger partial charge is 0.339 e. The Hall–Kier alpha value is -2.94. The zero-order chi connectivity index (χ0) is 19.5. The van der Waals surface area contributed by atoms with Gasteiger partial charge in [0.25, 0.3) is 0 Å². The van der Waals surface area contributed by atoms with Crippen molar-refractivity contribution in [2.75, 3.05) is 5.32 Å². The molecule has 0 aliphatic rings. The smallest absolute Gasteiger partial charge is 0.159 e. The molecule has 0 unspecified atom stereocenters. The van der Waals surface area contributed by atoms with Crippen LogP contribution < -0.4 is 5.32 Å². The highest BCUT2D eigenvalue weighted by atomic mass is 35.5. The number of nitrogens with one attached hydrogen (secondary N) is 1. The molecule has 28 heavy (non-hydrogen) atoms. The van der Waals surface area contributed by atoms with Crippen LogP contribution in [0.25, 0.3) is 11.3 Å². The van der Waals surface area contributed by atoms with E-state index in [1.807, 2.05) is 12.1 Å². The third kappa shape index (κ3) is 3.99. The number of anilines is 2. The van der Waals surface area contributed by atoms with Crippen LogP contribution in [0.1, 0.15) is 0 Å². The van der Waals surface area contributed by atoms with E-state index in [0.717, 1.165) is 11.5 Å². The van der Waals surface area contributed by atoms with Crippen molar-refractivity contribution in [3.63, 3.8) is 0 Å². The lowest BCUT2D eigenvalue weighted by Crippen LogP contribution is -2.01. The van der Waals surface area contributed by atoms with Gasteiger partial charge >= 0.3 is 0 Å². The van der Waals surface area contributed by atoms with E-state index in [0.29, 0.717) is 26.8 Å². The molecular weight excluding hydrogens is 423 g/mol. The van der Waals surface area contributed by atoms with Crippen LogP contribution in [0.3, 0.4) is 0 Å². The Morgan fingerprint density at radius 3 is 2.18 bits per heavy atom. The Balaban J connectivity index is 0.000000151. The van der Waals surface area contributed by atoms with E-state index < -0.39 is 0 Å². The van der Waals surface area contributed by atoms with E-state index in [9.17, 15) is 0 Å². The fourth-order valence-electron chi connectivity index (χ4n) is 2.40. The van der Waals surface area contributed by atoms with E-state index in [4.69, 9.17) is 34.8 Å². The summed E-state index contributed by atoms with van der Waals surface area (Å²) in [5, 5.41) is 12.5. The number of hydrogen-bond donors (Lipinski definition) is 1. The molecule has 1 N–H and O–H groups in total. The highest BCUT2D eigenvalue weighted by molar-refractivity contribution is 6.33. The van der Waals surface area contributed by atoms with Gasteiger partial charge < -0.3 is 5.32 Å². The fourth-order valence-corrected chi connectivity index (χ4v) is 3.07. The molecule has 0 saturated heterocycles. The number of rotatable bonds is 2. The quantitative estimate of drug-likeness (QED) is 0.411. The van der Waals surface area contributed by atoms with Gasteiger partial charge in [-0.2, -0.15) is 14.7 Å².